The maximum atomic E-state index is 5.53. The van der Waals surface area contributed by atoms with Crippen LogP contribution in [0.3, 0.4) is 0 Å². The molecule has 0 bridgehead atoms. The first-order chi connectivity index (χ1) is 9.35. The lowest BCUT2D eigenvalue weighted by molar-refractivity contribution is 1.34. The van der Waals surface area contributed by atoms with Crippen molar-refractivity contribution in [3.05, 3.63) is 71.8 Å². The maximum Gasteiger partial charge on any atom is 0.0569 e. The van der Waals surface area contributed by atoms with Crippen LogP contribution in [0.5, 0.6) is 0 Å². The number of benzene rings is 2. The second kappa shape index (κ2) is 6.44. The molecule has 0 aromatic heterocycles. The average molecular weight is 248 g/mol. The van der Waals surface area contributed by atoms with Gasteiger partial charge in [-0.2, -0.15) is 0 Å². The van der Waals surface area contributed by atoms with Crippen LogP contribution in [0.25, 0.3) is 5.57 Å². The van der Waals surface area contributed by atoms with Gasteiger partial charge >= 0.3 is 0 Å². The van der Waals surface area contributed by atoms with Crippen molar-refractivity contribution in [1.82, 2.24) is 0 Å². The summed E-state index contributed by atoms with van der Waals surface area (Å²) in [5.41, 5.74) is 6.54. The first-order valence-corrected chi connectivity index (χ1v) is 6.14. The van der Waals surface area contributed by atoms with Crippen molar-refractivity contribution < 1.29 is 0 Å². The van der Waals surface area contributed by atoms with Crippen molar-refractivity contribution in [2.75, 3.05) is 5.43 Å². The molecule has 0 heterocycles. The first-order valence-electron chi connectivity index (χ1n) is 6.14. The normalized spacial score (nSPS) is 10.5. The minimum Gasteiger partial charge on any atom is -0.323 e. The lowest BCUT2D eigenvalue weighted by atomic mass is 10.0. The van der Waals surface area contributed by atoms with E-state index in [1.807, 2.05) is 67.6 Å². The van der Waals surface area contributed by atoms with Crippen molar-refractivity contribution in [3.8, 4) is 11.8 Å². The Hall–Kier alpha value is -2.50. The molecule has 0 aliphatic heterocycles. The van der Waals surface area contributed by atoms with Gasteiger partial charge in [0.2, 0.25) is 0 Å². The van der Waals surface area contributed by atoms with Gasteiger partial charge in [0, 0.05) is 16.7 Å². The topological polar surface area (TPSA) is 38.0 Å². The second-order valence-corrected chi connectivity index (χ2v) is 4.01. The van der Waals surface area contributed by atoms with Crippen LogP contribution in [-0.2, 0) is 0 Å². The zero-order valence-corrected chi connectivity index (χ0v) is 10.9. The largest absolute Gasteiger partial charge is 0.323 e. The van der Waals surface area contributed by atoms with Gasteiger partial charge < -0.3 is 5.43 Å². The lowest BCUT2D eigenvalue weighted by Gasteiger charge is -2.07. The van der Waals surface area contributed by atoms with Crippen molar-refractivity contribution in [2.45, 2.75) is 6.92 Å². The number of allylic oxidation sites excluding steroid dienone is 2. The molecule has 2 aromatic rings. The summed E-state index contributed by atoms with van der Waals surface area (Å²) in [5, 5.41) is 0. The summed E-state index contributed by atoms with van der Waals surface area (Å²) in [7, 11) is 0. The number of para-hydroxylation sites is 1. The first kappa shape index (κ1) is 12.9. The third kappa shape index (κ3) is 3.25. The standard InChI is InChI=1S/C17H16N2/c1-2-15(13-12-14-8-4-3-5-9-14)16-10-6-7-11-17(16)19-18/h2-11,19H,18H2,1H3. The minimum atomic E-state index is 0.873. The summed E-state index contributed by atoms with van der Waals surface area (Å²) >= 11 is 0. The highest BCUT2D eigenvalue weighted by atomic mass is 15.2. The molecular weight excluding hydrogens is 232 g/mol. The molecule has 2 rings (SSSR count). The third-order valence-corrected chi connectivity index (χ3v) is 2.78. The smallest absolute Gasteiger partial charge is 0.0569 e. The molecule has 94 valence electrons. The molecule has 2 heteroatoms. The van der Waals surface area contributed by atoms with E-state index in [0.717, 1.165) is 22.4 Å². The van der Waals surface area contributed by atoms with E-state index in [4.69, 9.17) is 5.84 Å². The molecule has 2 aromatic carbocycles. The van der Waals surface area contributed by atoms with Crippen LogP contribution in [0.15, 0.2) is 60.7 Å². The number of anilines is 1. The van der Waals surface area contributed by atoms with Gasteiger partial charge in [-0.1, -0.05) is 54.3 Å². The van der Waals surface area contributed by atoms with Gasteiger partial charge in [-0.3, -0.25) is 5.84 Å². The van der Waals surface area contributed by atoms with Crippen molar-refractivity contribution >= 4 is 11.3 Å². The fourth-order valence-electron chi connectivity index (χ4n) is 1.80. The zero-order valence-electron chi connectivity index (χ0n) is 10.9. The van der Waals surface area contributed by atoms with Crippen LogP contribution < -0.4 is 11.3 Å². The molecule has 0 saturated carbocycles. The molecule has 19 heavy (non-hydrogen) atoms. The molecule has 0 atom stereocenters. The summed E-state index contributed by atoms with van der Waals surface area (Å²) in [6.45, 7) is 1.97. The van der Waals surface area contributed by atoms with E-state index < -0.39 is 0 Å². The number of nitrogen functional groups attached to an aromatic ring is 1. The second-order valence-electron chi connectivity index (χ2n) is 4.01. The molecule has 0 aliphatic carbocycles. The fraction of sp³-hybridized carbons (Fsp3) is 0.0588. The van der Waals surface area contributed by atoms with E-state index in [1.165, 1.54) is 0 Å². The summed E-state index contributed by atoms with van der Waals surface area (Å²) in [4.78, 5) is 0. The van der Waals surface area contributed by atoms with E-state index >= 15 is 0 Å². The molecule has 2 nitrogen and oxygen atoms in total. The molecule has 0 spiro atoms. The van der Waals surface area contributed by atoms with Gasteiger partial charge in [0.15, 0.2) is 0 Å². The quantitative estimate of drug-likeness (QED) is 0.485. The van der Waals surface area contributed by atoms with E-state index in [2.05, 4.69) is 17.3 Å². The summed E-state index contributed by atoms with van der Waals surface area (Å²) in [6, 6.07) is 17.8. The van der Waals surface area contributed by atoms with Gasteiger partial charge in [-0.15, -0.1) is 0 Å². The number of nitrogens with one attached hydrogen (secondary N) is 1. The maximum absolute atomic E-state index is 5.53. The average Bonchev–Trinajstić information content (AvgIpc) is 2.49. The van der Waals surface area contributed by atoms with Crippen LogP contribution in [0, 0.1) is 11.8 Å². The summed E-state index contributed by atoms with van der Waals surface area (Å²) in [6.07, 6.45) is 1.99. The van der Waals surface area contributed by atoms with Gasteiger partial charge in [0.25, 0.3) is 0 Å². The Bertz CT molecular complexity index is 631. The van der Waals surface area contributed by atoms with Gasteiger partial charge in [-0.25, -0.2) is 0 Å². The Morgan fingerprint density at radius 1 is 1.05 bits per heavy atom. The monoisotopic (exact) mass is 248 g/mol. The third-order valence-electron chi connectivity index (χ3n) is 2.78. The summed E-state index contributed by atoms with van der Waals surface area (Å²) < 4.78 is 0. The molecule has 0 fully saturated rings. The molecule has 0 amide bonds. The Balaban J connectivity index is 2.35. The van der Waals surface area contributed by atoms with Crippen LogP contribution in [0.1, 0.15) is 18.1 Å². The Morgan fingerprint density at radius 3 is 2.42 bits per heavy atom. The highest BCUT2D eigenvalue weighted by Gasteiger charge is 2.02. The predicted octanol–water partition coefficient (Wildman–Crippen LogP) is 3.43. The number of nitrogens with two attached hydrogens (primary N) is 1. The molecule has 0 aliphatic rings. The predicted molar refractivity (Wildman–Crippen MR) is 81.2 cm³/mol. The molecule has 0 saturated heterocycles. The Morgan fingerprint density at radius 2 is 1.74 bits per heavy atom. The summed E-state index contributed by atoms with van der Waals surface area (Å²) in [5.74, 6) is 11.9. The van der Waals surface area contributed by atoms with Crippen molar-refractivity contribution in [1.29, 1.82) is 0 Å². The number of hydrogen-bond donors (Lipinski definition) is 2. The zero-order chi connectivity index (χ0) is 13.5. The molecule has 3 N–H and O–H groups in total. The van der Waals surface area contributed by atoms with Gasteiger partial charge in [0.05, 0.1) is 5.69 Å². The van der Waals surface area contributed by atoms with Gasteiger partial charge in [0.1, 0.15) is 0 Å². The Kier molecular flexibility index (Phi) is 4.39. The molecule has 0 unspecified atom stereocenters. The fourth-order valence-corrected chi connectivity index (χ4v) is 1.80. The van der Waals surface area contributed by atoms with E-state index in [-0.39, 0.29) is 0 Å². The van der Waals surface area contributed by atoms with Crippen LogP contribution in [0.2, 0.25) is 0 Å². The minimum absolute atomic E-state index is 0.873. The van der Waals surface area contributed by atoms with E-state index in [0.29, 0.717) is 0 Å². The van der Waals surface area contributed by atoms with Crippen molar-refractivity contribution in [2.24, 2.45) is 5.84 Å². The number of hydrogen-bond acceptors (Lipinski definition) is 2. The Labute approximate surface area is 113 Å². The SMILES string of the molecule is CC=C(C#Cc1ccccc1)c1ccccc1NN. The number of hydrazine groups is 1. The molecule has 0 radical (unpaired) electrons. The van der Waals surface area contributed by atoms with E-state index in [9.17, 15) is 0 Å². The van der Waals surface area contributed by atoms with Gasteiger partial charge in [-0.05, 0) is 25.1 Å². The highest BCUT2D eigenvalue weighted by molar-refractivity contribution is 5.85. The van der Waals surface area contributed by atoms with Crippen molar-refractivity contribution in [3.63, 3.8) is 0 Å². The van der Waals surface area contributed by atoms with E-state index in [1.54, 1.807) is 0 Å². The van der Waals surface area contributed by atoms with Crippen LogP contribution in [-0.4, -0.2) is 0 Å². The molecular formula is C17H16N2. The highest BCUT2D eigenvalue weighted by Crippen LogP contribution is 2.22. The lowest BCUT2D eigenvalue weighted by Crippen LogP contribution is -2.08. The van der Waals surface area contributed by atoms with Crippen LogP contribution >= 0.6 is 0 Å². The van der Waals surface area contributed by atoms with Crippen LogP contribution in [0.4, 0.5) is 5.69 Å². The number of rotatable bonds is 2.